The average molecular weight is 361 g/mol. The zero-order valence-electron chi connectivity index (χ0n) is 14.6. The van der Waals surface area contributed by atoms with Crippen LogP contribution >= 0.6 is 0 Å². The van der Waals surface area contributed by atoms with Gasteiger partial charge >= 0.3 is 0 Å². The molecule has 0 bridgehead atoms. The first kappa shape index (κ1) is 16.2. The summed E-state index contributed by atoms with van der Waals surface area (Å²) in [6, 6.07) is 11.8. The summed E-state index contributed by atoms with van der Waals surface area (Å²) < 4.78 is 5.55. The average Bonchev–Trinajstić information content (AvgIpc) is 3.42. The van der Waals surface area contributed by atoms with E-state index in [-0.39, 0.29) is 6.04 Å². The van der Waals surface area contributed by atoms with Crippen molar-refractivity contribution in [1.29, 1.82) is 0 Å². The lowest BCUT2D eigenvalue weighted by Crippen LogP contribution is -2.24. The minimum atomic E-state index is -0.406. The molecular formula is C20H19N5O2. The van der Waals surface area contributed by atoms with Crippen LogP contribution < -0.4 is 0 Å². The molecule has 0 aliphatic carbocycles. The van der Waals surface area contributed by atoms with E-state index in [4.69, 9.17) is 4.52 Å². The van der Waals surface area contributed by atoms with E-state index in [1.54, 1.807) is 12.4 Å². The zero-order valence-corrected chi connectivity index (χ0v) is 14.6. The van der Waals surface area contributed by atoms with Gasteiger partial charge in [-0.2, -0.15) is 4.98 Å². The molecule has 1 aromatic carbocycles. The minimum Gasteiger partial charge on any atom is -0.392 e. The summed E-state index contributed by atoms with van der Waals surface area (Å²) in [6.45, 7) is 1.29. The van der Waals surface area contributed by atoms with Gasteiger partial charge in [-0.15, -0.1) is 0 Å². The van der Waals surface area contributed by atoms with Crippen LogP contribution in [0.3, 0.4) is 0 Å². The van der Waals surface area contributed by atoms with Crippen LogP contribution in [0.15, 0.2) is 59.5 Å². The molecule has 4 heterocycles. The topological polar surface area (TPSA) is 91.1 Å². The van der Waals surface area contributed by atoms with Crippen LogP contribution in [-0.2, 0) is 6.54 Å². The van der Waals surface area contributed by atoms with E-state index in [9.17, 15) is 5.11 Å². The summed E-state index contributed by atoms with van der Waals surface area (Å²) in [4.78, 5) is 14.1. The van der Waals surface area contributed by atoms with Gasteiger partial charge in [0.1, 0.15) is 0 Å². The molecule has 27 heavy (non-hydrogen) atoms. The number of H-pyrrole nitrogens is 1. The lowest BCUT2D eigenvalue weighted by molar-refractivity contribution is 0.169. The van der Waals surface area contributed by atoms with Gasteiger partial charge in [-0.25, -0.2) is 0 Å². The Balaban J connectivity index is 1.42. The number of fused-ring (bicyclic) bond motifs is 1. The van der Waals surface area contributed by atoms with E-state index >= 15 is 0 Å². The standard InChI is InChI=1S/C20H19N5O2/c26-15-9-18(20-23-19(24-27-20)13-5-7-21-8-6-13)25(12-15)11-14-10-22-17-4-2-1-3-16(14)17/h1-8,10,15,18,22,26H,9,11-12H2/t15-,18+/m1/s1. The van der Waals surface area contributed by atoms with Crippen molar-refractivity contribution >= 4 is 10.9 Å². The van der Waals surface area contributed by atoms with Crippen LogP contribution in [0, 0.1) is 0 Å². The smallest absolute Gasteiger partial charge is 0.244 e. The number of rotatable bonds is 4. The van der Waals surface area contributed by atoms with Crippen molar-refractivity contribution in [3.05, 3.63) is 66.4 Å². The third-order valence-electron chi connectivity index (χ3n) is 5.10. The second-order valence-corrected chi connectivity index (χ2v) is 6.89. The van der Waals surface area contributed by atoms with Crippen LogP contribution in [0.1, 0.15) is 23.9 Å². The highest BCUT2D eigenvalue weighted by Crippen LogP contribution is 2.34. The van der Waals surface area contributed by atoms with Crippen LogP contribution in [0.5, 0.6) is 0 Å². The molecule has 0 unspecified atom stereocenters. The summed E-state index contributed by atoms with van der Waals surface area (Å²) in [6.07, 6.45) is 5.61. The van der Waals surface area contributed by atoms with Gasteiger partial charge in [0.05, 0.1) is 12.1 Å². The van der Waals surface area contributed by atoms with Gasteiger partial charge in [-0.1, -0.05) is 23.4 Å². The Kier molecular flexibility index (Phi) is 3.95. The second-order valence-electron chi connectivity index (χ2n) is 6.89. The Morgan fingerprint density at radius 3 is 2.93 bits per heavy atom. The van der Waals surface area contributed by atoms with E-state index in [0.717, 1.165) is 11.1 Å². The highest BCUT2D eigenvalue weighted by molar-refractivity contribution is 5.82. The van der Waals surface area contributed by atoms with E-state index < -0.39 is 6.10 Å². The molecule has 1 saturated heterocycles. The molecule has 0 spiro atoms. The predicted molar refractivity (Wildman–Crippen MR) is 99.6 cm³/mol. The number of nitrogens with zero attached hydrogens (tertiary/aromatic N) is 4. The van der Waals surface area contributed by atoms with Gasteiger partial charge in [-0.05, 0) is 30.2 Å². The van der Waals surface area contributed by atoms with Crippen molar-refractivity contribution in [3.63, 3.8) is 0 Å². The van der Waals surface area contributed by atoms with E-state index in [1.165, 1.54) is 10.9 Å². The molecular weight excluding hydrogens is 342 g/mol. The number of aliphatic hydroxyl groups excluding tert-OH is 1. The molecule has 4 aromatic rings. The van der Waals surface area contributed by atoms with Crippen molar-refractivity contribution in [1.82, 2.24) is 25.0 Å². The normalized spacial score (nSPS) is 20.5. The van der Waals surface area contributed by atoms with Gasteiger partial charge in [0.25, 0.3) is 0 Å². The number of pyridine rings is 1. The minimum absolute atomic E-state index is 0.100. The molecule has 7 heteroatoms. The number of benzene rings is 1. The number of aliphatic hydroxyl groups is 1. The number of hydrogen-bond donors (Lipinski definition) is 2. The summed E-state index contributed by atoms with van der Waals surface area (Å²) in [5.41, 5.74) is 3.17. The number of nitrogens with one attached hydrogen (secondary N) is 1. The number of hydrogen-bond acceptors (Lipinski definition) is 6. The molecule has 1 aliphatic heterocycles. The first-order chi connectivity index (χ1) is 13.3. The van der Waals surface area contributed by atoms with E-state index in [0.29, 0.717) is 31.2 Å². The third kappa shape index (κ3) is 3.01. The SMILES string of the molecule is O[C@@H]1C[C@@H](c2nc(-c3ccncc3)no2)N(Cc2c[nH]c3ccccc23)C1. The molecule has 2 atom stereocenters. The van der Waals surface area contributed by atoms with Crippen LogP contribution in [0.2, 0.25) is 0 Å². The highest BCUT2D eigenvalue weighted by atomic mass is 16.5. The van der Waals surface area contributed by atoms with E-state index in [1.807, 2.05) is 30.5 Å². The number of para-hydroxylation sites is 1. The molecule has 0 amide bonds. The van der Waals surface area contributed by atoms with E-state index in [2.05, 4.69) is 37.1 Å². The fourth-order valence-corrected chi connectivity index (χ4v) is 3.78. The molecule has 3 aromatic heterocycles. The Labute approximate surface area is 155 Å². The Bertz CT molecular complexity index is 1060. The molecule has 1 aliphatic rings. The van der Waals surface area contributed by atoms with Gasteiger partial charge in [-0.3, -0.25) is 9.88 Å². The molecule has 7 nitrogen and oxygen atoms in total. The maximum Gasteiger partial charge on any atom is 0.244 e. The molecule has 1 fully saturated rings. The predicted octanol–water partition coefficient (Wildman–Crippen LogP) is 2.92. The molecule has 0 saturated carbocycles. The quantitative estimate of drug-likeness (QED) is 0.581. The number of aromatic nitrogens is 4. The van der Waals surface area contributed by atoms with Crippen molar-refractivity contribution in [2.24, 2.45) is 0 Å². The Hall–Kier alpha value is -3.03. The lowest BCUT2D eigenvalue weighted by atomic mass is 10.1. The largest absolute Gasteiger partial charge is 0.392 e. The van der Waals surface area contributed by atoms with Crippen LogP contribution in [-0.4, -0.2) is 42.8 Å². The lowest BCUT2D eigenvalue weighted by Gasteiger charge is -2.20. The van der Waals surface area contributed by atoms with Gasteiger partial charge in [0.2, 0.25) is 11.7 Å². The van der Waals surface area contributed by atoms with Crippen LogP contribution in [0.4, 0.5) is 0 Å². The maximum absolute atomic E-state index is 10.2. The van der Waals surface area contributed by atoms with Gasteiger partial charge < -0.3 is 14.6 Å². The van der Waals surface area contributed by atoms with Gasteiger partial charge in [0.15, 0.2) is 0 Å². The third-order valence-corrected chi connectivity index (χ3v) is 5.10. The summed E-state index contributed by atoms with van der Waals surface area (Å²) in [5.74, 6) is 1.08. The summed E-state index contributed by atoms with van der Waals surface area (Å²) in [5, 5.41) is 15.6. The van der Waals surface area contributed by atoms with Crippen molar-refractivity contribution in [2.75, 3.05) is 6.54 Å². The molecule has 2 N–H and O–H groups in total. The number of β-amino-alcohol motifs (C(OH)–C–C–N with tert-alkyl or cyclic N) is 1. The Morgan fingerprint density at radius 2 is 2.04 bits per heavy atom. The highest BCUT2D eigenvalue weighted by Gasteiger charge is 2.36. The second kappa shape index (κ2) is 6.61. The monoisotopic (exact) mass is 361 g/mol. The fraction of sp³-hybridized carbons (Fsp3) is 0.250. The number of likely N-dealkylation sites (tertiary alicyclic amines) is 1. The number of aromatic amines is 1. The first-order valence-corrected chi connectivity index (χ1v) is 8.99. The molecule has 0 radical (unpaired) electrons. The molecule has 5 rings (SSSR count). The van der Waals surface area contributed by atoms with Crippen molar-refractivity contribution in [2.45, 2.75) is 25.1 Å². The molecule has 136 valence electrons. The van der Waals surface area contributed by atoms with Crippen LogP contribution in [0.25, 0.3) is 22.3 Å². The summed E-state index contributed by atoms with van der Waals surface area (Å²) in [7, 11) is 0. The first-order valence-electron chi connectivity index (χ1n) is 8.99. The summed E-state index contributed by atoms with van der Waals surface area (Å²) >= 11 is 0. The Morgan fingerprint density at radius 1 is 1.19 bits per heavy atom. The van der Waals surface area contributed by atoms with Crippen molar-refractivity contribution < 1.29 is 9.63 Å². The fourth-order valence-electron chi connectivity index (χ4n) is 3.78. The zero-order chi connectivity index (χ0) is 18.2. The van der Waals surface area contributed by atoms with Crippen molar-refractivity contribution in [3.8, 4) is 11.4 Å². The van der Waals surface area contributed by atoms with Gasteiger partial charge in [0, 0.05) is 48.1 Å². The maximum atomic E-state index is 10.2.